The van der Waals surface area contributed by atoms with E-state index in [2.05, 4.69) is 26.1 Å². The number of nitrogens with one attached hydrogen (secondary N) is 1. The van der Waals surface area contributed by atoms with E-state index >= 15 is 0 Å². The highest BCUT2D eigenvalue weighted by Crippen LogP contribution is 2.24. The van der Waals surface area contributed by atoms with Gasteiger partial charge in [0.15, 0.2) is 0 Å². The third-order valence-corrected chi connectivity index (χ3v) is 7.40. The molecule has 9 heteroatoms. The minimum atomic E-state index is -3.73. The Morgan fingerprint density at radius 3 is 2.06 bits per heavy atom. The number of piperidine rings is 1. The Hall–Kier alpha value is -2.78. The number of carbonyl (C=O) groups excluding carboxylic acids is 1. The topological polar surface area (TPSA) is 110 Å². The normalized spacial score (nSPS) is 16.1. The van der Waals surface area contributed by atoms with E-state index < -0.39 is 14.9 Å². The number of rotatable bonds is 5. The largest absolute Gasteiger partial charge is 0.349 e. The molecule has 0 atom stereocenters. The van der Waals surface area contributed by atoms with E-state index in [4.69, 9.17) is 0 Å². The van der Waals surface area contributed by atoms with Crippen LogP contribution >= 0.6 is 0 Å². The van der Waals surface area contributed by atoms with Gasteiger partial charge in [0, 0.05) is 36.8 Å². The number of non-ortho nitro benzene ring substituents is 1. The molecule has 1 fully saturated rings. The molecule has 1 saturated heterocycles. The predicted molar refractivity (Wildman–Crippen MR) is 117 cm³/mol. The van der Waals surface area contributed by atoms with Gasteiger partial charge in [0.05, 0.1) is 9.82 Å². The van der Waals surface area contributed by atoms with Crippen molar-refractivity contribution in [1.29, 1.82) is 0 Å². The van der Waals surface area contributed by atoms with Gasteiger partial charge in [0.1, 0.15) is 0 Å². The summed E-state index contributed by atoms with van der Waals surface area (Å²) in [6.45, 7) is 6.88. The first-order valence-corrected chi connectivity index (χ1v) is 11.6. The third kappa shape index (κ3) is 5.29. The maximum atomic E-state index is 12.8. The summed E-state index contributed by atoms with van der Waals surface area (Å²) in [4.78, 5) is 22.8. The zero-order valence-corrected chi connectivity index (χ0v) is 18.7. The Morgan fingerprint density at radius 1 is 1.03 bits per heavy atom. The van der Waals surface area contributed by atoms with Gasteiger partial charge in [-0.25, -0.2) is 8.42 Å². The van der Waals surface area contributed by atoms with Crippen LogP contribution in [-0.4, -0.2) is 42.7 Å². The zero-order valence-electron chi connectivity index (χ0n) is 17.9. The van der Waals surface area contributed by atoms with Gasteiger partial charge < -0.3 is 5.32 Å². The number of nitrogens with zero attached hydrogens (tertiary/aromatic N) is 2. The molecular formula is C22H27N3O5S. The molecule has 1 heterocycles. The fourth-order valence-electron chi connectivity index (χ4n) is 3.52. The fourth-order valence-corrected chi connectivity index (χ4v) is 4.99. The summed E-state index contributed by atoms with van der Waals surface area (Å²) < 4.78 is 27.0. The van der Waals surface area contributed by atoms with Crippen molar-refractivity contribution in [3.63, 3.8) is 0 Å². The number of nitro groups is 1. The molecule has 3 rings (SSSR count). The predicted octanol–water partition coefficient (Wildman–Crippen LogP) is 3.48. The molecule has 1 N–H and O–H groups in total. The lowest BCUT2D eigenvalue weighted by atomic mass is 9.86. The Morgan fingerprint density at radius 2 is 1.58 bits per heavy atom. The molecule has 31 heavy (non-hydrogen) atoms. The van der Waals surface area contributed by atoms with Crippen LogP contribution < -0.4 is 5.32 Å². The molecule has 2 aromatic carbocycles. The van der Waals surface area contributed by atoms with Crippen LogP contribution in [0.25, 0.3) is 0 Å². The highest BCUT2D eigenvalue weighted by Gasteiger charge is 2.30. The summed E-state index contributed by atoms with van der Waals surface area (Å²) in [7, 11) is -3.73. The Bertz CT molecular complexity index is 1050. The Labute approximate surface area is 182 Å². The van der Waals surface area contributed by atoms with E-state index in [-0.39, 0.29) is 41.0 Å². The molecule has 1 aliphatic heterocycles. The van der Waals surface area contributed by atoms with Gasteiger partial charge >= 0.3 is 0 Å². The number of hydrogen-bond acceptors (Lipinski definition) is 5. The van der Waals surface area contributed by atoms with Crippen molar-refractivity contribution < 1.29 is 18.1 Å². The second kappa shape index (κ2) is 8.76. The van der Waals surface area contributed by atoms with E-state index in [1.807, 2.05) is 24.3 Å². The van der Waals surface area contributed by atoms with E-state index in [9.17, 15) is 23.3 Å². The van der Waals surface area contributed by atoms with E-state index in [0.717, 1.165) is 5.56 Å². The summed E-state index contributed by atoms with van der Waals surface area (Å²) in [5.41, 5.74) is 1.58. The molecule has 0 aromatic heterocycles. The number of hydrogen-bond donors (Lipinski definition) is 1. The van der Waals surface area contributed by atoms with E-state index in [1.165, 1.54) is 28.6 Å². The first kappa shape index (κ1) is 22.9. The minimum absolute atomic E-state index is 0.0109. The molecule has 2 aromatic rings. The Balaban J connectivity index is 1.58. The van der Waals surface area contributed by atoms with Gasteiger partial charge in [-0.05, 0) is 48.1 Å². The van der Waals surface area contributed by atoms with Crippen molar-refractivity contribution in [2.24, 2.45) is 0 Å². The van der Waals surface area contributed by atoms with Gasteiger partial charge in [-0.15, -0.1) is 0 Å². The molecule has 0 unspecified atom stereocenters. The highest BCUT2D eigenvalue weighted by molar-refractivity contribution is 7.89. The molecule has 0 aliphatic carbocycles. The average Bonchev–Trinajstić information content (AvgIpc) is 2.73. The molecule has 1 amide bonds. The van der Waals surface area contributed by atoms with Crippen molar-refractivity contribution in [3.8, 4) is 0 Å². The van der Waals surface area contributed by atoms with Crippen LogP contribution in [0.15, 0.2) is 53.4 Å². The van der Waals surface area contributed by atoms with Gasteiger partial charge in [-0.2, -0.15) is 4.31 Å². The summed E-state index contributed by atoms with van der Waals surface area (Å²) in [6.07, 6.45) is 0.996. The highest BCUT2D eigenvalue weighted by atomic mass is 32.2. The van der Waals surface area contributed by atoms with Crippen molar-refractivity contribution >= 4 is 21.6 Å². The Kier molecular flexibility index (Phi) is 6.47. The van der Waals surface area contributed by atoms with Gasteiger partial charge in [-0.3, -0.25) is 14.9 Å². The van der Waals surface area contributed by atoms with Gasteiger partial charge in [0.25, 0.3) is 11.6 Å². The third-order valence-electron chi connectivity index (χ3n) is 5.49. The standard InChI is InChI=1S/C22H27N3O5S/c1-22(2,3)17-6-4-16(5-7-17)21(26)23-18-12-14-24(15-13-18)31(29,30)20-10-8-19(9-11-20)25(27)28/h4-11,18H,12-15H2,1-3H3,(H,23,26). The first-order valence-electron chi connectivity index (χ1n) is 10.1. The monoisotopic (exact) mass is 445 g/mol. The lowest BCUT2D eigenvalue weighted by Crippen LogP contribution is -2.46. The summed E-state index contributed by atoms with van der Waals surface area (Å²) in [6, 6.07) is 12.3. The maximum absolute atomic E-state index is 12.8. The second-order valence-corrected chi connectivity index (χ2v) is 10.7. The SMILES string of the molecule is CC(C)(C)c1ccc(C(=O)NC2CCN(S(=O)(=O)c3ccc([N+](=O)[O-])cc3)CC2)cc1. The maximum Gasteiger partial charge on any atom is 0.269 e. The van der Waals surface area contributed by atoms with Crippen LogP contribution in [0, 0.1) is 10.1 Å². The molecule has 0 saturated carbocycles. The van der Waals surface area contributed by atoms with Crippen LogP contribution in [0.1, 0.15) is 49.5 Å². The lowest BCUT2D eigenvalue weighted by Gasteiger charge is -2.31. The average molecular weight is 446 g/mol. The van der Waals surface area contributed by atoms with Crippen LogP contribution in [0.2, 0.25) is 0 Å². The smallest absolute Gasteiger partial charge is 0.269 e. The number of carbonyl (C=O) groups is 1. The van der Waals surface area contributed by atoms with Gasteiger partial charge in [-0.1, -0.05) is 32.9 Å². The molecule has 166 valence electrons. The number of nitro benzene ring substituents is 1. The number of sulfonamides is 1. The molecule has 0 radical (unpaired) electrons. The van der Waals surface area contributed by atoms with Crippen LogP contribution in [0.3, 0.4) is 0 Å². The first-order chi connectivity index (χ1) is 14.5. The summed E-state index contributed by atoms with van der Waals surface area (Å²) in [5, 5.41) is 13.8. The van der Waals surface area contributed by atoms with Crippen molar-refractivity contribution in [3.05, 3.63) is 69.8 Å². The molecule has 0 bridgehead atoms. The summed E-state index contributed by atoms with van der Waals surface area (Å²) >= 11 is 0. The second-order valence-electron chi connectivity index (χ2n) is 8.73. The number of amides is 1. The van der Waals surface area contributed by atoms with Crippen molar-refractivity contribution in [1.82, 2.24) is 9.62 Å². The lowest BCUT2D eigenvalue weighted by molar-refractivity contribution is -0.384. The van der Waals surface area contributed by atoms with E-state index in [1.54, 1.807) is 0 Å². The van der Waals surface area contributed by atoms with Crippen LogP contribution in [-0.2, 0) is 15.4 Å². The van der Waals surface area contributed by atoms with Crippen molar-refractivity contribution in [2.45, 2.75) is 50.0 Å². The molecular weight excluding hydrogens is 418 g/mol. The van der Waals surface area contributed by atoms with Crippen LogP contribution in [0.4, 0.5) is 5.69 Å². The number of benzene rings is 2. The van der Waals surface area contributed by atoms with Crippen molar-refractivity contribution in [2.75, 3.05) is 13.1 Å². The molecule has 0 spiro atoms. The summed E-state index contributed by atoms with van der Waals surface area (Å²) in [5.74, 6) is -0.169. The fraction of sp³-hybridized carbons (Fsp3) is 0.409. The van der Waals surface area contributed by atoms with Crippen LogP contribution in [0.5, 0.6) is 0 Å². The zero-order chi connectivity index (χ0) is 22.8. The quantitative estimate of drug-likeness (QED) is 0.560. The minimum Gasteiger partial charge on any atom is -0.349 e. The van der Waals surface area contributed by atoms with Gasteiger partial charge in [0.2, 0.25) is 10.0 Å². The van der Waals surface area contributed by atoms with E-state index in [0.29, 0.717) is 18.4 Å². The molecule has 8 nitrogen and oxygen atoms in total. The molecule has 1 aliphatic rings.